The predicted octanol–water partition coefficient (Wildman–Crippen LogP) is 18.5. The van der Waals surface area contributed by atoms with Gasteiger partial charge in [-0.15, -0.1) is 0 Å². The third-order valence-electron chi connectivity index (χ3n) is 13.1. The Labute approximate surface area is 465 Å². The molecule has 0 fully saturated rings. The molecule has 0 aromatic carbocycles. The van der Waals surface area contributed by atoms with Gasteiger partial charge in [-0.3, -0.25) is 23.4 Å². The van der Waals surface area contributed by atoms with E-state index in [1.807, 2.05) is 0 Å². The smallest absolute Gasteiger partial charge is 0.462 e. The van der Waals surface area contributed by atoms with Gasteiger partial charge in [0.15, 0.2) is 6.10 Å². The Bertz CT molecular complexity index is 1550. The first-order chi connectivity index (χ1) is 37.2. The highest BCUT2D eigenvalue weighted by molar-refractivity contribution is 7.47. The van der Waals surface area contributed by atoms with Crippen LogP contribution in [0.15, 0.2) is 72.9 Å². The van der Waals surface area contributed by atoms with Crippen molar-refractivity contribution in [3.05, 3.63) is 72.9 Å². The molecule has 0 aromatic rings. The average Bonchev–Trinajstić information content (AvgIpc) is 3.41. The van der Waals surface area contributed by atoms with Gasteiger partial charge in [0.25, 0.3) is 0 Å². The molecule has 0 rings (SSSR count). The van der Waals surface area contributed by atoms with Gasteiger partial charge in [-0.2, -0.15) is 0 Å². The first-order valence-corrected chi connectivity index (χ1v) is 32.3. The number of hydrogen-bond acceptors (Lipinski definition) is 10. The van der Waals surface area contributed by atoms with Crippen LogP contribution in [0.2, 0.25) is 0 Å². The average molecular weight is 1090 g/mol. The Morgan fingerprint density at radius 2 is 0.684 bits per heavy atom. The third-order valence-corrected chi connectivity index (χ3v) is 14.0. The van der Waals surface area contributed by atoms with Gasteiger partial charge in [0.2, 0.25) is 0 Å². The van der Waals surface area contributed by atoms with E-state index in [4.69, 9.17) is 23.3 Å². The molecule has 0 aliphatic carbocycles. The number of ether oxygens (including phenoxy) is 3. The molecule has 0 heterocycles. The second-order valence-electron chi connectivity index (χ2n) is 20.5. The molecule has 76 heavy (non-hydrogen) atoms. The van der Waals surface area contributed by atoms with Crippen molar-refractivity contribution in [2.45, 2.75) is 290 Å². The van der Waals surface area contributed by atoms with Crippen molar-refractivity contribution in [1.82, 2.24) is 0 Å². The molecule has 12 heteroatoms. The van der Waals surface area contributed by atoms with Crippen molar-refractivity contribution in [1.29, 1.82) is 0 Å². The summed E-state index contributed by atoms with van der Waals surface area (Å²) in [5.74, 6) is -1.49. The van der Waals surface area contributed by atoms with Crippen molar-refractivity contribution in [3.63, 3.8) is 0 Å². The van der Waals surface area contributed by atoms with Crippen LogP contribution in [0.25, 0.3) is 0 Å². The minimum Gasteiger partial charge on any atom is -0.462 e. The second-order valence-corrected chi connectivity index (χ2v) is 21.9. The summed E-state index contributed by atoms with van der Waals surface area (Å²) >= 11 is 0. The van der Waals surface area contributed by atoms with E-state index in [0.717, 1.165) is 141 Å². The van der Waals surface area contributed by atoms with Gasteiger partial charge in [0, 0.05) is 19.3 Å². The molecular weight excluding hydrogens is 976 g/mol. The lowest BCUT2D eigenvalue weighted by molar-refractivity contribution is -0.161. The van der Waals surface area contributed by atoms with Crippen LogP contribution in [0.3, 0.4) is 0 Å². The molecule has 0 spiro atoms. The quantitative estimate of drug-likeness (QED) is 0.0197. The number of esters is 3. The van der Waals surface area contributed by atoms with E-state index in [0.29, 0.717) is 19.3 Å². The fourth-order valence-corrected chi connectivity index (χ4v) is 9.18. The van der Waals surface area contributed by atoms with Crippen LogP contribution in [-0.2, 0) is 42.2 Å². The molecule has 0 saturated carbocycles. The number of aliphatic hydroxyl groups is 1. The Morgan fingerprint density at radius 3 is 1.07 bits per heavy atom. The van der Waals surface area contributed by atoms with E-state index in [9.17, 15) is 28.9 Å². The first kappa shape index (κ1) is 72.9. The highest BCUT2D eigenvalue weighted by atomic mass is 31.2. The maximum absolute atomic E-state index is 12.9. The van der Waals surface area contributed by atoms with Crippen molar-refractivity contribution in [3.8, 4) is 0 Å². The summed E-state index contributed by atoms with van der Waals surface area (Å²) in [4.78, 5) is 48.7. The third kappa shape index (κ3) is 55.7. The zero-order valence-corrected chi connectivity index (χ0v) is 49.6. The Morgan fingerprint density at radius 1 is 0.382 bits per heavy atom. The number of phosphoric ester groups is 1. The van der Waals surface area contributed by atoms with Crippen molar-refractivity contribution >= 4 is 25.7 Å². The lowest BCUT2D eigenvalue weighted by Crippen LogP contribution is -2.30. The monoisotopic (exact) mass is 1090 g/mol. The summed E-state index contributed by atoms with van der Waals surface area (Å²) < 4.78 is 39.6. The predicted molar refractivity (Wildman–Crippen MR) is 316 cm³/mol. The van der Waals surface area contributed by atoms with Gasteiger partial charge in [0.1, 0.15) is 12.7 Å². The normalized spacial score (nSPS) is 13.8. The minimum absolute atomic E-state index is 0.153. The van der Waals surface area contributed by atoms with Gasteiger partial charge in [-0.05, 0) is 109 Å². The number of hydrogen-bond donors (Lipinski definition) is 2. The van der Waals surface area contributed by atoms with Crippen LogP contribution in [0, 0.1) is 0 Å². The van der Waals surface area contributed by atoms with E-state index >= 15 is 0 Å². The molecule has 0 aromatic heterocycles. The largest absolute Gasteiger partial charge is 0.472 e. The minimum atomic E-state index is -4.76. The highest BCUT2D eigenvalue weighted by Gasteiger charge is 2.28. The van der Waals surface area contributed by atoms with E-state index in [1.165, 1.54) is 77.0 Å². The van der Waals surface area contributed by atoms with Crippen molar-refractivity contribution in [2.75, 3.05) is 26.4 Å². The van der Waals surface area contributed by atoms with E-state index in [1.54, 1.807) is 0 Å². The molecule has 440 valence electrons. The highest BCUT2D eigenvalue weighted by Crippen LogP contribution is 2.43. The number of unbranched alkanes of at least 4 members (excludes halogenated alkanes) is 28. The number of allylic oxidation sites excluding steroid dienone is 12. The summed E-state index contributed by atoms with van der Waals surface area (Å²) in [5.41, 5.74) is 0. The standard InChI is InChI=1S/C64H113O11P/c1-4-7-10-13-16-19-22-25-28-29-30-31-34-35-38-41-44-47-50-53-62(66)71-57-61(75-64(68)55-52-49-46-43-40-37-33-27-24-21-18-15-12-9-6-3)59-73-76(69,70)72-58-60(56-65)74-63(67)54-51-48-45-42-39-36-32-26-23-20-17-14-11-8-5-2/h7,10,16,19,25-28,30-33,60-61,65H,4-6,8-9,11-15,17-18,20-24,29,34-59H2,1-3H3,(H,69,70)/b10-7-,19-16-,28-25-,31-30-,32-26-,33-27-. The van der Waals surface area contributed by atoms with Crippen LogP contribution >= 0.6 is 7.82 Å². The fraction of sp³-hybridized carbons (Fsp3) is 0.766. The maximum Gasteiger partial charge on any atom is 0.472 e. The van der Waals surface area contributed by atoms with Crippen molar-refractivity contribution in [2.24, 2.45) is 0 Å². The number of phosphoric acid groups is 1. The first-order valence-electron chi connectivity index (χ1n) is 30.8. The van der Waals surface area contributed by atoms with E-state index < -0.39 is 57.8 Å². The molecule has 0 radical (unpaired) electrons. The van der Waals surface area contributed by atoms with Crippen LogP contribution < -0.4 is 0 Å². The Hall–Kier alpha value is -3.08. The second kappa shape index (κ2) is 58.1. The van der Waals surface area contributed by atoms with Crippen LogP contribution in [0.1, 0.15) is 278 Å². The SMILES string of the molecule is CC/C=C\C/C=C\C/C=C\C/C=C\CCCCCCCCC(=O)OCC(COP(=O)(O)OCC(CO)OC(=O)CCCCCCC/C=C\CCCCCCCC)OC(=O)CCCCCCC/C=C\CCCCCCCC. The number of carbonyl (C=O) groups is 3. The molecule has 0 aliphatic heterocycles. The fourth-order valence-electron chi connectivity index (χ4n) is 8.40. The molecule has 2 N–H and O–H groups in total. The summed E-state index contributed by atoms with van der Waals surface area (Å²) in [6.45, 7) is 4.51. The number of carbonyl (C=O) groups excluding carboxylic acids is 3. The summed E-state index contributed by atoms with van der Waals surface area (Å²) in [6, 6.07) is 0. The van der Waals surface area contributed by atoms with Gasteiger partial charge in [0.05, 0.1) is 19.8 Å². The van der Waals surface area contributed by atoms with Crippen molar-refractivity contribution < 1.29 is 52.2 Å². The molecule has 11 nitrogen and oxygen atoms in total. The van der Waals surface area contributed by atoms with Gasteiger partial charge in [-0.25, -0.2) is 4.57 Å². The molecule has 0 bridgehead atoms. The topological polar surface area (TPSA) is 155 Å². The number of aliphatic hydroxyl groups excluding tert-OH is 1. The van der Waals surface area contributed by atoms with Gasteiger partial charge < -0.3 is 24.2 Å². The summed E-state index contributed by atoms with van der Waals surface area (Å²) in [7, 11) is -4.76. The molecule has 3 atom stereocenters. The molecular formula is C64H113O11P. The maximum atomic E-state index is 12.9. The molecule has 0 amide bonds. The zero-order valence-electron chi connectivity index (χ0n) is 48.7. The molecule has 0 saturated heterocycles. The Balaban J connectivity index is 4.73. The van der Waals surface area contributed by atoms with Crippen LogP contribution in [-0.4, -0.2) is 66.5 Å². The molecule has 3 unspecified atom stereocenters. The van der Waals surface area contributed by atoms with E-state index in [2.05, 4.69) is 93.7 Å². The Kier molecular flexibility index (Phi) is 55.7. The van der Waals surface area contributed by atoms with Gasteiger partial charge in [-0.1, -0.05) is 222 Å². The van der Waals surface area contributed by atoms with Crippen LogP contribution in [0.5, 0.6) is 0 Å². The zero-order chi connectivity index (χ0) is 55.5. The van der Waals surface area contributed by atoms with Crippen LogP contribution in [0.4, 0.5) is 0 Å². The summed E-state index contributed by atoms with van der Waals surface area (Å²) in [5, 5.41) is 9.83. The molecule has 0 aliphatic rings. The lowest BCUT2D eigenvalue weighted by Gasteiger charge is -2.21. The lowest BCUT2D eigenvalue weighted by atomic mass is 10.1. The van der Waals surface area contributed by atoms with E-state index in [-0.39, 0.29) is 25.9 Å². The van der Waals surface area contributed by atoms with Gasteiger partial charge >= 0.3 is 25.7 Å². The number of rotatable bonds is 57. The summed E-state index contributed by atoms with van der Waals surface area (Å²) in [6.07, 6.45) is 65.6.